The highest BCUT2D eigenvalue weighted by atomic mass is 35.5. The molecule has 2 atom stereocenters. The quantitative estimate of drug-likeness (QED) is 0.288. The van der Waals surface area contributed by atoms with Crippen molar-refractivity contribution in [1.82, 2.24) is 4.90 Å². The number of aldehydes is 1. The molecule has 5 nitrogen and oxygen atoms in total. The molecule has 0 aliphatic rings. The van der Waals surface area contributed by atoms with E-state index >= 15 is 0 Å². The van der Waals surface area contributed by atoms with Gasteiger partial charge in [0.05, 0.1) is 18.2 Å². The van der Waals surface area contributed by atoms with Crippen molar-refractivity contribution in [2.45, 2.75) is 41.5 Å². The summed E-state index contributed by atoms with van der Waals surface area (Å²) in [5.74, 6) is 0. The number of aliphatic hydroxyl groups excluding tert-OH is 1. The van der Waals surface area contributed by atoms with Crippen LogP contribution < -0.4 is 0 Å². The molecule has 0 radical (unpaired) electrons. The van der Waals surface area contributed by atoms with Crippen molar-refractivity contribution in [2.24, 2.45) is 0 Å². The fourth-order valence-electron chi connectivity index (χ4n) is 3.63. The predicted molar refractivity (Wildman–Crippen MR) is 132 cm³/mol. The molecule has 10 heteroatoms. The van der Waals surface area contributed by atoms with Gasteiger partial charge < -0.3 is 15.1 Å². The Morgan fingerprint density at radius 3 is 2.39 bits per heavy atom. The second-order valence-electron chi connectivity index (χ2n) is 8.17. The molecule has 3 rings (SSSR count). The topological polar surface area (TPSA) is 77.8 Å². The van der Waals surface area contributed by atoms with Crippen LogP contribution in [0, 0.1) is 0 Å². The molecule has 0 aliphatic heterocycles. The summed E-state index contributed by atoms with van der Waals surface area (Å²) in [6.45, 7) is 1.60. The van der Waals surface area contributed by atoms with Crippen LogP contribution in [-0.4, -0.2) is 40.1 Å². The highest BCUT2D eigenvalue weighted by Crippen LogP contribution is 2.35. The normalized spacial score (nSPS) is 13.2. The van der Waals surface area contributed by atoms with Gasteiger partial charge in [-0.3, -0.25) is 4.79 Å². The van der Waals surface area contributed by atoms with Gasteiger partial charge in [-0.15, -0.1) is 0 Å². The zero-order valence-corrected chi connectivity index (χ0v) is 20.6. The molecular weight excluding hydrogens is 515 g/mol. The van der Waals surface area contributed by atoms with Crippen LogP contribution in [0.1, 0.15) is 40.1 Å². The zero-order chi connectivity index (χ0) is 26.5. The van der Waals surface area contributed by atoms with Crippen molar-refractivity contribution in [2.75, 3.05) is 6.54 Å². The molecule has 1 amide bonds. The Hall–Kier alpha value is -3.01. The lowest BCUT2D eigenvalue weighted by molar-refractivity contribution is -0.137. The van der Waals surface area contributed by atoms with Crippen LogP contribution in [-0.2, 0) is 12.6 Å². The van der Waals surface area contributed by atoms with Crippen LogP contribution in [0.25, 0.3) is 0 Å². The first-order valence-electron chi connectivity index (χ1n) is 10.8. The van der Waals surface area contributed by atoms with Gasteiger partial charge in [0.15, 0.2) is 6.29 Å². The van der Waals surface area contributed by atoms with Crippen molar-refractivity contribution >= 4 is 35.7 Å². The van der Waals surface area contributed by atoms with E-state index in [-0.39, 0.29) is 12.1 Å². The third-order valence-corrected chi connectivity index (χ3v) is 6.86. The molecule has 0 saturated heterocycles. The van der Waals surface area contributed by atoms with Gasteiger partial charge in [-0.1, -0.05) is 47.6 Å². The minimum atomic E-state index is -4.53. The van der Waals surface area contributed by atoms with Gasteiger partial charge >= 0.3 is 12.3 Å². The van der Waals surface area contributed by atoms with Crippen molar-refractivity contribution < 1.29 is 33.0 Å². The number of rotatable bonds is 9. The molecule has 0 heterocycles. The summed E-state index contributed by atoms with van der Waals surface area (Å²) in [5.41, 5.74) is 0.406. The SMILES string of the molecule is C[C@H](Cc1ccc(Sc2ccc(C(F)(F)F)cc2C=O)cc1)N(C[C@H](O)c1cccc(Cl)c1)C(=O)O. The summed E-state index contributed by atoms with van der Waals surface area (Å²) in [5, 5.41) is 20.6. The van der Waals surface area contributed by atoms with Gasteiger partial charge in [-0.25, -0.2) is 4.79 Å². The van der Waals surface area contributed by atoms with E-state index in [0.717, 1.165) is 34.4 Å². The maximum atomic E-state index is 12.9. The van der Waals surface area contributed by atoms with Gasteiger partial charge in [0, 0.05) is 26.4 Å². The Bertz CT molecular complexity index is 1220. The number of hydrogen-bond acceptors (Lipinski definition) is 4. The molecule has 3 aromatic carbocycles. The standard InChI is InChI=1S/C26H23ClF3NO4S/c1-16(31(25(34)35)14-23(33)18-3-2-4-21(27)13-18)11-17-5-8-22(9-6-17)36-24-10-7-20(26(28,29)30)12-19(24)15-32/h2-10,12-13,15-16,23,33H,11,14H2,1H3,(H,34,35)/t16-,23+/m1/s1. The largest absolute Gasteiger partial charge is 0.465 e. The number of hydrogen-bond donors (Lipinski definition) is 2. The smallest absolute Gasteiger partial charge is 0.416 e. The van der Waals surface area contributed by atoms with Crippen LogP contribution in [0.4, 0.5) is 18.0 Å². The predicted octanol–water partition coefficient (Wildman–Crippen LogP) is 6.97. The van der Waals surface area contributed by atoms with E-state index in [4.69, 9.17) is 11.6 Å². The number of carbonyl (C=O) groups excluding carboxylic acids is 1. The second-order valence-corrected chi connectivity index (χ2v) is 9.72. The molecule has 0 aromatic heterocycles. The molecule has 0 saturated carbocycles. The molecule has 0 aliphatic carbocycles. The average molecular weight is 538 g/mol. The Labute approximate surface area is 215 Å². The van der Waals surface area contributed by atoms with Crippen LogP contribution >= 0.6 is 23.4 Å². The lowest BCUT2D eigenvalue weighted by Crippen LogP contribution is -2.41. The molecule has 3 aromatic rings. The summed E-state index contributed by atoms with van der Waals surface area (Å²) in [6.07, 6.45) is -5.98. The van der Waals surface area contributed by atoms with Gasteiger partial charge in [0.1, 0.15) is 0 Å². The summed E-state index contributed by atoms with van der Waals surface area (Å²) in [7, 11) is 0. The fourth-order valence-corrected chi connectivity index (χ4v) is 4.72. The molecule has 190 valence electrons. The Balaban J connectivity index is 1.67. The Morgan fingerprint density at radius 2 is 1.81 bits per heavy atom. The number of aliphatic hydroxyl groups is 1. The molecule has 0 bridgehead atoms. The number of amides is 1. The van der Waals surface area contributed by atoms with E-state index in [9.17, 15) is 33.0 Å². The van der Waals surface area contributed by atoms with Crippen LogP contribution in [0.2, 0.25) is 5.02 Å². The van der Waals surface area contributed by atoms with E-state index in [1.54, 1.807) is 55.5 Å². The van der Waals surface area contributed by atoms with Gasteiger partial charge in [-0.05, 0) is 66.9 Å². The van der Waals surface area contributed by atoms with E-state index in [2.05, 4.69) is 0 Å². The lowest BCUT2D eigenvalue weighted by atomic mass is 10.0. The Kier molecular flexibility index (Phi) is 9.05. The van der Waals surface area contributed by atoms with Crippen molar-refractivity contribution in [3.63, 3.8) is 0 Å². The van der Waals surface area contributed by atoms with Gasteiger partial charge in [0.25, 0.3) is 0 Å². The van der Waals surface area contributed by atoms with Crippen LogP contribution in [0.3, 0.4) is 0 Å². The van der Waals surface area contributed by atoms with E-state index in [1.165, 1.54) is 6.07 Å². The van der Waals surface area contributed by atoms with Crippen molar-refractivity contribution in [3.8, 4) is 0 Å². The number of halogens is 4. The maximum Gasteiger partial charge on any atom is 0.416 e. The zero-order valence-electron chi connectivity index (χ0n) is 19.1. The summed E-state index contributed by atoms with van der Waals surface area (Å²) >= 11 is 7.12. The molecule has 2 N–H and O–H groups in total. The molecule has 36 heavy (non-hydrogen) atoms. The highest BCUT2D eigenvalue weighted by Gasteiger charge is 2.31. The van der Waals surface area contributed by atoms with E-state index in [0.29, 0.717) is 33.1 Å². The van der Waals surface area contributed by atoms with Gasteiger partial charge in [0.2, 0.25) is 0 Å². The maximum absolute atomic E-state index is 12.9. The number of nitrogens with zero attached hydrogens (tertiary/aromatic N) is 1. The summed E-state index contributed by atoms with van der Waals surface area (Å²) < 4.78 is 38.7. The van der Waals surface area contributed by atoms with E-state index in [1.807, 2.05) is 0 Å². The second kappa shape index (κ2) is 11.8. The number of benzene rings is 3. The highest BCUT2D eigenvalue weighted by molar-refractivity contribution is 7.99. The Morgan fingerprint density at radius 1 is 1.11 bits per heavy atom. The number of carboxylic acid groups (broad SMARTS) is 1. The molecule has 0 fully saturated rings. The van der Waals surface area contributed by atoms with Crippen molar-refractivity contribution in [3.05, 3.63) is 94.0 Å². The minimum absolute atomic E-state index is 0.0529. The molecular formula is C26H23ClF3NO4S. The molecule has 0 unspecified atom stereocenters. The summed E-state index contributed by atoms with van der Waals surface area (Å²) in [6, 6.07) is 16.3. The van der Waals surface area contributed by atoms with Crippen LogP contribution in [0.15, 0.2) is 76.5 Å². The van der Waals surface area contributed by atoms with Gasteiger partial charge in [-0.2, -0.15) is 13.2 Å². The third-order valence-electron chi connectivity index (χ3n) is 5.53. The monoisotopic (exact) mass is 537 g/mol. The van der Waals surface area contributed by atoms with Crippen molar-refractivity contribution in [1.29, 1.82) is 0 Å². The first kappa shape index (κ1) is 27.6. The lowest BCUT2D eigenvalue weighted by Gasteiger charge is -2.29. The number of carbonyl (C=O) groups is 2. The summed E-state index contributed by atoms with van der Waals surface area (Å²) in [4.78, 5) is 25.4. The number of alkyl halides is 3. The molecule has 0 spiro atoms. The van der Waals surface area contributed by atoms with E-state index < -0.39 is 30.0 Å². The average Bonchev–Trinajstić information content (AvgIpc) is 2.82. The fraction of sp³-hybridized carbons (Fsp3) is 0.231. The third kappa shape index (κ3) is 7.25. The van der Waals surface area contributed by atoms with Crippen LogP contribution in [0.5, 0.6) is 0 Å². The minimum Gasteiger partial charge on any atom is -0.465 e. The first-order chi connectivity index (χ1) is 17.0. The first-order valence-corrected chi connectivity index (χ1v) is 12.0.